The minimum atomic E-state index is 0.716. The third-order valence-electron chi connectivity index (χ3n) is 2.92. The molecule has 98 valence electrons. The molecule has 4 nitrogen and oxygen atoms in total. The van der Waals surface area contributed by atoms with Crippen LogP contribution in [0.15, 0.2) is 53.3 Å². The molecule has 0 spiro atoms. The Morgan fingerprint density at radius 2 is 2.00 bits per heavy atom. The van der Waals surface area contributed by atoms with Crippen LogP contribution in [-0.2, 0) is 0 Å². The molecule has 0 saturated carbocycles. The monoisotopic (exact) mass is 301 g/mol. The van der Waals surface area contributed by atoms with Gasteiger partial charge in [-0.05, 0) is 24.3 Å². The molecule has 0 amide bonds. The Hall–Kier alpha value is -2.11. The summed E-state index contributed by atoms with van der Waals surface area (Å²) in [4.78, 5) is 5.41. The van der Waals surface area contributed by atoms with Gasteiger partial charge in [0.15, 0.2) is 10.8 Å². The molecule has 0 atom stereocenters. The van der Waals surface area contributed by atoms with Crippen molar-refractivity contribution in [1.29, 1.82) is 0 Å². The van der Waals surface area contributed by atoms with Crippen LogP contribution in [-0.4, -0.2) is 14.6 Å². The van der Waals surface area contributed by atoms with Gasteiger partial charge in [-0.1, -0.05) is 35.1 Å². The number of rotatable bonds is 2. The Morgan fingerprint density at radius 1 is 1.15 bits per heavy atom. The Morgan fingerprint density at radius 3 is 2.70 bits per heavy atom. The number of nitrogens with zero attached hydrogens (tertiary/aromatic N) is 3. The lowest BCUT2D eigenvalue weighted by molar-refractivity contribution is 0.580. The largest absolute Gasteiger partial charge is 0.462 e. The first-order valence-corrected chi connectivity index (χ1v) is 7.15. The van der Waals surface area contributed by atoms with Crippen LogP contribution in [0.1, 0.15) is 0 Å². The first kappa shape index (κ1) is 11.7. The second-order valence-corrected chi connectivity index (χ2v) is 5.64. The first-order chi connectivity index (χ1) is 9.79. The predicted octanol–water partition coefficient (Wildman–Crippen LogP) is 4.37. The number of hydrogen-bond acceptors (Lipinski definition) is 4. The average molecular weight is 302 g/mol. The van der Waals surface area contributed by atoms with Crippen LogP contribution in [0, 0.1) is 0 Å². The summed E-state index contributed by atoms with van der Waals surface area (Å²) >= 11 is 7.38. The quantitative estimate of drug-likeness (QED) is 0.552. The highest BCUT2D eigenvalue weighted by atomic mass is 35.5. The van der Waals surface area contributed by atoms with E-state index in [2.05, 4.69) is 10.1 Å². The lowest BCUT2D eigenvalue weighted by atomic mass is 10.2. The van der Waals surface area contributed by atoms with Crippen molar-refractivity contribution < 1.29 is 4.42 Å². The number of halogens is 1. The highest BCUT2D eigenvalue weighted by Crippen LogP contribution is 2.28. The van der Waals surface area contributed by atoms with Gasteiger partial charge in [0.05, 0.1) is 18.2 Å². The molecule has 0 N–H and O–H groups in total. The van der Waals surface area contributed by atoms with E-state index in [1.54, 1.807) is 10.8 Å². The molecular formula is C14H8ClN3OS. The summed E-state index contributed by atoms with van der Waals surface area (Å²) in [6.45, 7) is 0. The molecule has 0 saturated heterocycles. The van der Waals surface area contributed by atoms with E-state index in [4.69, 9.17) is 16.0 Å². The maximum Gasteiger partial charge on any atom is 0.213 e. The standard InChI is InChI=1S/C14H8ClN3OS/c15-10-5-3-9(4-6-10)11-8-18-14(16-11)20-13(17-18)12-2-1-7-19-12/h1-8H. The van der Waals surface area contributed by atoms with Crippen molar-refractivity contribution in [2.75, 3.05) is 0 Å². The van der Waals surface area contributed by atoms with Gasteiger partial charge < -0.3 is 4.42 Å². The van der Waals surface area contributed by atoms with Crippen LogP contribution in [0.2, 0.25) is 5.02 Å². The minimum absolute atomic E-state index is 0.716. The Balaban J connectivity index is 1.77. The van der Waals surface area contributed by atoms with Gasteiger partial charge in [-0.3, -0.25) is 0 Å². The van der Waals surface area contributed by atoms with Crippen LogP contribution in [0.3, 0.4) is 0 Å². The molecule has 0 aliphatic rings. The second-order valence-electron chi connectivity index (χ2n) is 4.24. The van der Waals surface area contributed by atoms with Crippen molar-refractivity contribution in [3.63, 3.8) is 0 Å². The molecular weight excluding hydrogens is 294 g/mol. The summed E-state index contributed by atoms with van der Waals surface area (Å²) in [5.41, 5.74) is 1.90. The molecule has 20 heavy (non-hydrogen) atoms. The zero-order chi connectivity index (χ0) is 13.5. The maximum atomic E-state index is 5.89. The highest BCUT2D eigenvalue weighted by molar-refractivity contribution is 7.19. The molecule has 4 rings (SSSR count). The van der Waals surface area contributed by atoms with E-state index in [9.17, 15) is 0 Å². The highest BCUT2D eigenvalue weighted by Gasteiger charge is 2.12. The topological polar surface area (TPSA) is 43.3 Å². The minimum Gasteiger partial charge on any atom is -0.462 e. The summed E-state index contributed by atoms with van der Waals surface area (Å²) in [7, 11) is 0. The molecule has 0 fully saturated rings. The summed E-state index contributed by atoms with van der Waals surface area (Å²) in [6, 6.07) is 11.3. The molecule has 3 heterocycles. The number of imidazole rings is 1. The predicted molar refractivity (Wildman–Crippen MR) is 79.0 cm³/mol. The fourth-order valence-electron chi connectivity index (χ4n) is 1.96. The van der Waals surface area contributed by atoms with E-state index >= 15 is 0 Å². The van der Waals surface area contributed by atoms with E-state index in [0.29, 0.717) is 5.02 Å². The smallest absolute Gasteiger partial charge is 0.213 e. The lowest BCUT2D eigenvalue weighted by Crippen LogP contribution is -1.81. The molecule has 4 aromatic rings. The van der Waals surface area contributed by atoms with Crippen molar-refractivity contribution in [3.8, 4) is 22.0 Å². The van der Waals surface area contributed by atoms with E-state index in [-0.39, 0.29) is 0 Å². The van der Waals surface area contributed by atoms with E-state index in [0.717, 1.165) is 27.0 Å². The fraction of sp³-hybridized carbons (Fsp3) is 0. The number of furan rings is 1. The molecule has 6 heteroatoms. The Labute approximate surface area is 123 Å². The SMILES string of the molecule is Clc1ccc(-c2cn3nc(-c4ccco4)sc3n2)cc1. The summed E-state index contributed by atoms with van der Waals surface area (Å²) < 4.78 is 7.11. The van der Waals surface area contributed by atoms with Crippen LogP contribution in [0.25, 0.3) is 27.0 Å². The zero-order valence-corrected chi connectivity index (χ0v) is 11.7. The van der Waals surface area contributed by atoms with Crippen molar-refractivity contribution >= 4 is 27.9 Å². The zero-order valence-electron chi connectivity index (χ0n) is 10.2. The van der Waals surface area contributed by atoms with Gasteiger partial charge >= 0.3 is 0 Å². The van der Waals surface area contributed by atoms with E-state index in [1.807, 2.05) is 42.6 Å². The van der Waals surface area contributed by atoms with Crippen LogP contribution in [0.4, 0.5) is 0 Å². The molecule has 0 radical (unpaired) electrons. The van der Waals surface area contributed by atoms with Crippen LogP contribution in [0.5, 0.6) is 0 Å². The summed E-state index contributed by atoms with van der Waals surface area (Å²) in [6.07, 6.45) is 3.54. The number of hydrogen-bond donors (Lipinski definition) is 0. The fourth-order valence-corrected chi connectivity index (χ4v) is 2.94. The van der Waals surface area contributed by atoms with E-state index in [1.165, 1.54) is 11.3 Å². The van der Waals surface area contributed by atoms with Crippen molar-refractivity contribution in [2.24, 2.45) is 0 Å². The molecule has 1 aromatic carbocycles. The Kier molecular flexibility index (Phi) is 2.61. The molecule has 0 aliphatic heterocycles. The molecule has 0 bridgehead atoms. The van der Waals surface area contributed by atoms with Gasteiger partial charge in [0.25, 0.3) is 0 Å². The van der Waals surface area contributed by atoms with Crippen LogP contribution >= 0.6 is 22.9 Å². The third-order valence-corrected chi connectivity index (χ3v) is 4.10. The summed E-state index contributed by atoms with van der Waals surface area (Å²) in [5, 5.41) is 6.01. The average Bonchev–Trinajstić information content (AvgIpc) is 3.14. The first-order valence-electron chi connectivity index (χ1n) is 5.96. The number of benzene rings is 1. The number of fused-ring (bicyclic) bond motifs is 1. The van der Waals surface area contributed by atoms with Gasteiger partial charge in [-0.15, -0.1) is 0 Å². The number of aromatic nitrogens is 3. The molecule has 0 unspecified atom stereocenters. The molecule has 3 aromatic heterocycles. The van der Waals surface area contributed by atoms with Crippen molar-refractivity contribution in [1.82, 2.24) is 14.6 Å². The van der Waals surface area contributed by atoms with Gasteiger partial charge in [-0.25, -0.2) is 9.50 Å². The summed E-state index contributed by atoms with van der Waals surface area (Å²) in [5.74, 6) is 0.758. The van der Waals surface area contributed by atoms with E-state index < -0.39 is 0 Å². The van der Waals surface area contributed by atoms with Crippen molar-refractivity contribution in [2.45, 2.75) is 0 Å². The lowest BCUT2D eigenvalue weighted by Gasteiger charge is -1.95. The Bertz CT molecular complexity index is 830. The normalized spacial score (nSPS) is 11.2. The molecule has 0 aliphatic carbocycles. The third kappa shape index (κ3) is 1.92. The van der Waals surface area contributed by atoms with Gasteiger partial charge in [-0.2, -0.15) is 5.10 Å². The van der Waals surface area contributed by atoms with Gasteiger partial charge in [0.2, 0.25) is 4.96 Å². The van der Waals surface area contributed by atoms with Crippen LogP contribution < -0.4 is 0 Å². The second kappa shape index (κ2) is 4.47. The van der Waals surface area contributed by atoms with Gasteiger partial charge in [0.1, 0.15) is 0 Å². The maximum absolute atomic E-state index is 5.89. The van der Waals surface area contributed by atoms with Gasteiger partial charge in [0, 0.05) is 10.6 Å². The van der Waals surface area contributed by atoms with Crippen molar-refractivity contribution in [3.05, 3.63) is 53.9 Å².